The number of methoxy groups -OCH3 is 1. The molecule has 0 radical (unpaired) electrons. The molecule has 0 aromatic heterocycles. The fourth-order valence-electron chi connectivity index (χ4n) is 3.50. The Kier molecular flexibility index (Phi) is 9.10. The van der Waals surface area contributed by atoms with Crippen molar-refractivity contribution in [3.63, 3.8) is 0 Å². The van der Waals surface area contributed by atoms with Gasteiger partial charge in [0.1, 0.15) is 11.4 Å². The van der Waals surface area contributed by atoms with Crippen LogP contribution in [0.3, 0.4) is 0 Å². The van der Waals surface area contributed by atoms with Crippen molar-refractivity contribution in [3.05, 3.63) is 132 Å². The molecule has 4 aromatic rings. The molecule has 0 spiro atoms. The molecule has 0 bridgehead atoms. The molecule has 0 fully saturated rings. The van der Waals surface area contributed by atoms with Gasteiger partial charge in [-0.2, -0.15) is 0 Å². The number of carbonyl (C=O) groups is 3. The second-order valence-corrected chi connectivity index (χ2v) is 9.26. The van der Waals surface area contributed by atoms with E-state index in [1.54, 1.807) is 73.8 Å². The zero-order chi connectivity index (χ0) is 26.7. The highest BCUT2D eigenvalue weighted by Gasteiger charge is 2.15. The van der Waals surface area contributed by atoms with Gasteiger partial charge in [-0.3, -0.25) is 14.4 Å². The van der Waals surface area contributed by atoms with Crippen molar-refractivity contribution in [3.8, 4) is 5.75 Å². The summed E-state index contributed by atoms with van der Waals surface area (Å²) in [4.78, 5) is 39.3. The smallest absolute Gasteiger partial charge is 0.272 e. The minimum atomic E-state index is -0.451. The van der Waals surface area contributed by atoms with Crippen molar-refractivity contribution in [2.45, 2.75) is 4.90 Å². The molecule has 190 valence electrons. The standard InChI is InChI=1S/C31H26N2O4S/c1-37-26-16-12-23(13-17-26)29(34)21-38-27-18-14-25(15-19-27)32-31(36)28(20-22-8-4-2-5-9-22)33-30(35)24-10-6-3-7-11-24/h2-20H,21H2,1H3,(H,32,36)(H,33,35)/b28-20-. The van der Waals surface area contributed by atoms with Crippen molar-refractivity contribution >= 4 is 41.1 Å². The van der Waals surface area contributed by atoms with Crippen molar-refractivity contribution in [2.24, 2.45) is 0 Å². The summed E-state index contributed by atoms with van der Waals surface area (Å²) in [6.45, 7) is 0. The number of thioether (sulfide) groups is 1. The SMILES string of the molecule is COc1ccc(C(=O)CSc2ccc(NC(=O)/C(=C/c3ccccc3)NC(=O)c3ccccc3)cc2)cc1. The van der Waals surface area contributed by atoms with Crippen LogP contribution in [0.1, 0.15) is 26.3 Å². The van der Waals surface area contributed by atoms with Crippen molar-refractivity contribution in [1.29, 1.82) is 0 Å². The molecule has 7 heteroatoms. The second kappa shape index (κ2) is 13.1. The van der Waals surface area contributed by atoms with Crippen molar-refractivity contribution < 1.29 is 19.1 Å². The lowest BCUT2D eigenvalue weighted by Crippen LogP contribution is -2.30. The molecule has 2 amide bonds. The number of hydrogen-bond acceptors (Lipinski definition) is 5. The van der Waals surface area contributed by atoms with E-state index in [9.17, 15) is 14.4 Å². The molecule has 2 N–H and O–H groups in total. The van der Waals surface area contributed by atoms with E-state index in [2.05, 4.69) is 10.6 Å². The normalized spacial score (nSPS) is 10.9. The van der Waals surface area contributed by atoms with Crippen LogP contribution in [0, 0.1) is 0 Å². The number of hydrogen-bond donors (Lipinski definition) is 2. The van der Waals surface area contributed by atoms with Crippen LogP contribution in [0.4, 0.5) is 5.69 Å². The van der Waals surface area contributed by atoms with E-state index in [0.29, 0.717) is 22.6 Å². The summed E-state index contributed by atoms with van der Waals surface area (Å²) in [6.07, 6.45) is 1.63. The lowest BCUT2D eigenvalue weighted by atomic mass is 10.1. The Hall–Kier alpha value is -4.62. The number of amides is 2. The molecule has 6 nitrogen and oxygen atoms in total. The van der Waals surface area contributed by atoms with Crippen LogP contribution in [-0.4, -0.2) is 30.5 Å². The maximum absolute atomic E-state index is 13.1. The fraction of sp³-hybridized carbons (Fsp3) is 0.0645. The Bertz CT molecular complexity index is 1420. The molecule has 0 aliphatic rings. The molecule has 4 rings (SSSR count). The van der Waals surface area contributed by atoms with Crippen LogP contribution < -0.4 is 15.4 Å². The number of Topliss-reactive ketones (excluding diaryl/α,β-unsaturated/α-hetero) is 1. The van der Waals surface area contributed by atoms with Crippen molar-refractivity contribution in [2.75, 3.05) is 18.2 Å². The third kappa shape index (κ3) is 7.44. The van der Waals surface area contributed by atoms with E-state index in [-0.39, 0.29) is 23.1 Å². The molecule has 38 heavy (non-hydrogen) atoms. The number of anilines is 1. The van der Waals surface area contributed by atoms with Crippen molar-refractivity contribution in [1.82, 2.24) is 5.32 Å². The van der Waals surface area contributed by atoms with Gasteiger partial charge in [-0.25, -0.2) is 0 Å². The number of benzene rings is 4. The molecular weight excluding hydrogens is 496 g/mol. The first-order valence-electron chi connectivity index (χ1n) is 11.9. The quantitative estimate of drug-likeness (QED) is 0.150. The van der Waals surface area contributed by atoms with E-state index in [4.69, 9.17) is 4.74 Å². The molecule has 0 heterocycles. The first kappa shape index (κ1) is 26.4. The molecule has 0 unspecified atom stereocenters. The van der Waals surface area contributed by atoms with Gasteiger partial charge in [-0.05, 0) is 72.3 Å². The van der Waals surface area contributed by atoms with Crippen LogP contribution >= 0.6 is 11.8 Å². The van der Waals surface area contributed by atoms with Crippen LogP contribution in [-0.2, 0) is 4.79 Å². The Morgan fingerprint density at radius 1 is 0.763 bits per heavy atom. The maximum atomic E-state index is 13.1. The molecular formula is C31H26N2O4S. The summed E-state index contributed by atoms with van der Waals surface area (Å²) in [7, 11) is 1.58. The molecule has 0 saturated heterocycles. The predicted octanol–water partition coefficient (Wildman–Crippen LogP) is 6.08. The lowest BCUT2D eigenvalue weighted by molar-refractivity contribution is -0.113. The number of ether oxygens (including phenoxy) is 1. The lowest BCUT2D eigenvalue weighted by Gasteiger charge is -2.12. The monoisotopic (exact) mass is 522 g/mol. The number of nitrogens with one attached hydrogen (secondary N) is 2. The average Bonchev–Trinajstić information content (AvgIpc) is 2.97. The fourth-order valence-corrected chi connectivity index (χ4v) is 4.29. The maximum Gasteiger partial charge on any atom is 0.272 e. The van der Waals surface area contributed by atoms with Gasteiger partial charge in [0.15, 0.2) is 5.78 Å². The third-order valence-corrected chi connectivity index (χ3v) is 6.55. The minimum Gasteiger partial charge on any atom is -0.497 e. The average molecular weight is 523 g/mol. The molecule has 0 saturated carbocycles. The predicted molar refractivity (Wildman–Crippen MR) is 151 cm³/mol. The topological polar surface area (TPSA) is 84.5 Å². The summed E-state index contributed by atoms with van der Waals surface area (Å²) in [6, 6.07) is 32.2. The van der Waals surface area contributed by atoms with E-state index in [0.717, 1.165) is 10.5 Å². The van der Waals surface area contributed by atoms with E-state index in [1.807, 2.05) is 48.5 Å². The summed E-state index contributed by atoms with van der Waals surface area (Å²) in [5, 5.41) is 5.57. The Morgan fingerprint density at radius 3 is 2.03 bits per heavy atom. The van der Waals surface area contributed by atoms with Gasteiger partial charge in [-0.15, -0.1) is 11.8 Å². The first-order valence-corrected chi connectivity index (χ1v) is 12.8. The largest absolute Gasteiger partial charge is 0.497 e. The Balaban J connectivity index is 1.40. The minimum absolute atomic E-state index is 0.0138. The van der Waals surface area contributed by atoms with Gasteiger partial charge in [-0.1, -0.05) is 48.5 Å². The molecule has 0 aliphatic carbocycles. The van der Waals surface area contributed by atoms with E-state index < -0.39 is 5.91 Å². The molecule has 4 aromatic carbocycles. The zero-order valence-electron chi connectivity index (χ0n) is 20.7. The summed E-state index contributed by atoms with van der Waals surface area (Å²) in [5.74, 6) is 0.172. The number of rotatable bonds is 10. The van der Waals surface area contributed by atoms with Gasteiger partial charge in [0.2, 0.25) is 0 Å². The van der Waals surface area contributed by atoms with Gasteiger partial charge >= 0.3 is 0 Å². The second-order valence-electron chi connectivity index (χ2n) is 8.21. The van der Waals surface area contributed by atoms with Crippen LogP contribution in [0.5, 0.6) is 5.75 Å². The van der Waals surface area contributed by atoms with Crippen LogP contribution in [0.15, 0.2) is 120 Å². The highest BCUT2D eigenvalue weighted by atomic mass is 32.2. The van der Waals surface area contributed by atoms with Crippen LogP contribution in [0.25, 0.3) is 6.08 Å². The molecule has 0 aliphatic heterocycles. The van der Waals surface area contributed by atoms with Gasteiger partial charge in [0, 0.05) is 21.7 Å². The van der Waals surface area contributed by atoms with Gasteiger partial charge < -0.3 is 15.4 Å². The highest BCUT2D eigenvalue weighted by molar-refractivity contribution is 8.00. The Labute approximate surface area is 225 Å². The van der Waals surface area contributed by atoms with E-state index in [1.165, 1.54) is 11.8 Å². The Morgan fingerprint density at radius 2 is 1.39 bits per heavy atom. The van der Waals surface area contributed by atoms with E-state index >= 15 is 0 Å². The third-order valence-electron chi connectivity index (χ3n) is 5.53. The first-order chi connectivity index (χ1) is 18.5. The molecule has 0 atom stereocenters. The summed E-state index contributed by atoms with van der Waals surface area (Å²) >= 11 is 1.41. The number of ketones is 1. The number of carbonyl (C=O) groups excluding carboxylic acids is 3. The summed E-state index contributed by atoms with van der Waals surface area (Å²) in [5.41, 5.74) is 2.53. The van der Waals surface area contributed by atoms with Gasteiger partial charge in [0.25, 0.3) is 11.8 Å². The zero-order valence-corrected chi connectivity index (χ0v) is 21.5. The van der Waals surface area contributed by atoms with Gasteiger partial charge in [0.05, 0.1) is 12.9 Å². The summed E-state index contributed by atoms with van der Waals surface area (Å²) < 4.78 is 5.13. The van der Waals surface area contributed by atoms with Crippen LogP contribution in [0.2, 0.25) is 0 Å². The highest BCUT2D eigenvalue weighted by Crippen LogP contribution is 2.22.